The van der Waals surface area contributed by atoms with Crippen molar-refractivity contribution < 1.29 is 13.2 Å². The third-order valence-corrected chi connectivity index (χ3v) is 4.06. The molecule has 2 aromatic rings. The lowest BCUT2D eigenvalue weighted by Crippen LogP contribution is -2.00. The molecule has 1 aromatic heterocycles. The van der Waals surface area contributed by atoms with E-state index in [1.54, 1.807) is 18.2 Å². The van der Waals surface area contributed by atoms with E-state index in [1.807, 2.05) is 0 Å². The number of aromatic nitrogens is 1. The molecule has 0 bridgehead atoms. The summed E-state index contributed by atoms with van der Waals surface area (Å²) >= 11 is 0. The van der Waals surface area contributed by atoms with E-state index in [2.05, 4.69) is 11.9 Å². The zero-order valence-corrected chi connectivity index (χ0v) is 12.0. The lowest BCUT2D eigenvalue weighted by Gasteiger charge is -2.10. The van der Waals surface area contributed by atoms with E-state index in [1.165, 1.54) is 12.3 Å². The molecule has 0 amide bonds. The molecule has 0 aliphatic rings. The smallest absolute Gasteiger partial charge is 0.263 e. The van der Waals surface area contributed by atoms with Crippen LogP contribution in [0.1, 0.15) is 19.8 Å². The Balaban J connectivity index is 2.52. The number of nitrogens with zero attached hydrogens (tertiary/aromatic N) is 1. The normalized spacial score (nSPS) is 11.7. The van der Waals surface area contributed by atoms with E-state index in [9.17, 15) is 8.42 Å². The van der Waals surface area contributed by atoms with Crippen LogP contribution in [-0.2, 0) is 9.05 Å². The molecule has 4 nitrogen and oxygen atoms in total. The fourth-order valence-electron chi connectivity index (χ4n) is 1.77. The van der Waals surface area contributed by atoms with Gasteiger partial charge in [-0.25, -0.2) is 8.42 Å². The summed E-state index contributed by atoms with van der Waals surface area (Å²) < 4.78 is 28.7. The maximum atomic E-state index is 11.5. The number of fused-ring (bicyclic) bond motifs is 1. The summed E-state index contributed by atoms with van der Waals surface area (Å²) in [6.45, 7) is 2.67. The highest BCUT2D eigenvalue weighted by Crippen LogP contribution is 2.31. The largest absolute Gasteiger partial charge is 0.493 e. The molecule has 6 heteroatoms. The summed E-state index contributed by atoms with van der Waals surface area (Å²) in [5, 5.41) is 0.653. The first-order chi connectivity index (χ1) is 9.04. The Hall–Kier alpha value is -1.33. The summed E-state index contributed by atoms with van der Waals surface area (Å²) in [7, 11) is 1.59. The van der Waals surface area contributed by atoms with Crippen molar-refractivity contribution in [2.45, 2.75) is 24.7 Å². The SMILES string of the molecule is CCCCOc1ccc(S(=O)(=O)Cl)c2ncccc12. The molecule has 1 aromatic carbocycles. The summed E-state index contributed by atoms with van der Waals surface area (Å²) in [5.74, 6) is 0.626. The number of hydrogen-bond acceptors (Lipinski definition) is 4. The van der Waals surface area contributed by atoms with Crippen molar-refractivity contribution in [2.75, 3.05) is 6.61 Å². The van der Waals surface area contributed by atoms with Crippen molar-refractivity contribution in [3.05, 3.63) is 30.5 Å². The summed E-state index contributed by atoms with van der Waals surface area (Å²) in [5.41, 5.74) is 0.339. The van der Waals surface area contributed by atoms with E-state index in [0.717, 1.165) is 12.8 Å². The number of rotatable bonds is 5. The average Bonchev–Trinajstić information content (AvgIpc) is 2.37. The number of pyridine rings is 1. The fourth-order valence-corrected chi connectivity index (χ4v) is 2.77. The van der Waals surface area contributed by atoms with Crippen LogP contribution in [0.4, 0.5) is 0 Å². The fraction of sp³-hybridized carbons (Fsp3) is 0.308. The van der Waals surface area contributed by atoms with Crippen molar-refractivity contribution in [1.82, 2.24) is 4.98 Å². The van der Waals surface area contributed by atoms with Gasteiger partial charge in [0.25, 0.3) is 9.05 Å². The first kappa shape index (κ1) is 14.1. The highest BCUT2D eigenvalue weighted by atomic mass is 35.7. The molecule has 2 rings (SSSR count). The third-order valence-electron chi connectivity index (χ3n) is 2.71. The number of halogens is 1. The van der Waals surface area contributed by atoms with Gasteiger partial charge in [-0.2, -0.15) is 0 Å². The molecule has 0 aliphatic heterocycles. The Kier molecular flexibility index (Phi) is 4.27. The van der Waals surface area contributed by atoms with E-state index in [0.29, 0.717) is 23.3 Å². The molecule has 0 aliphatic carbocycles. The van der Waals surface area contributed by atoms with Crippen LogP contribution < -0.4 is 4.74 Å². The third kappa shape index (κ3) is 3.16. The van der Waals surface area contributed by atoms with Crippen LogP contribution in [0.5, 0.6) is 5.75 Å². The Bertz CT molecular complexity index is 685. The van der Waals surface area contributed by atoms with E-state index < -0.39 is 9.05 Å². The number of unbranched alkanes of at least 4 members (excludes halogenated alkanes) is 1. The molecule has 19 heavy (non-hydrogen) atoms. The first-order valence-electron chi connectivity index (χ1n) is 5.99. The zero-order chi connectivity index (χ0) is 13.9. The van der Waals surface area contributed by atoms with Gasteiger partial charge in [-0.15, -0.1) is 0 Å². The van der Waals surface area contributed by atoms with Crippen molar-refractivity contribution in [1.29, 1.82) is 0 Å². The average molecular weight is 300 g/mol. The highest BCUT2D eigenvalue weighted by molar-refractivity contribution is 8.14. The lowest BCUT2D eigenvalue weighted by atomic mass is 10.2. The second-order valence-corrected chi connectivity index (χ2v) is 6.64. The van der Waals surface area contributed by atoms with Gasteiger partial charge >= 0.3 is 0 Å². The van der Waals surface area contributed by atoms with Gasteiger partial charge in [-0.3, -0.25) is 4.98 Å². The Morgan fingerprint density at radius 2 is 2.11 bits per heavy atom. The number of ether oxygens (including phenoxy) is 1. The molecule has 0 fully saturated rings. The maximum absolute atomic E-state index is 11.5. The van der Waals surface area contributed by atoms with Gasteiger partial charge in [0.1, 0.15) is 10.6 Å². The molecule has 0 saturated carbocycles. The minimum Gasteiger partial charge on any atom is -0.493 e. The minimum atomic E-state index is -3.82. The molecule has 0 N–H and O–H groups in total. The Morgan fingerprint density at radius 1 is 1.32 bits per heavy atom. The topological polar surface area (TPSA) is 56.3 Å². The first-order valence-corrected chi connectivity index (χ1v) is 8.30. The van der Waals surface area contributed by atoms with E-state index in [-0.39, 0.29) is 4.90 Å². The summed E-state index contributed by atoms with van der Waals surface area (Å²) in [4.78, 5) is 4.10. The lowest BCUT2D eigenvalue weighted by molar-refractivity contribution is 0.313. The van der Waals surface area contributed by atoms with Gasteiger partial charge in [0, 0.05) is 22.3 Å². The second-order valence-electron chi connectivity index (χ2n) is 4.10. The van der Waals surface area contributed by atoms with Crippen molar-refractivity contribution in [3.8, 4) is 5.75 Å². The molecule has 0 radical (unpaired) electrons. The predicted octanol–water partition coefficient (Wildman–Crippen LogP) is 3.34. The van der Waals surface area contributed by atoms with Gasteiger partial charge in [0.2, 0.25) is 0 Å². The van der Waals surface area contributed by atoms with Crippen LogP contribution in [0.15, 0.2) is 35.4 Å². The molecular weight excluding hydrogens is 286 g/mol. The monoisotopic (exact) mass is 299 g/mol. The summed E-state index contributed by atoms with van der Waals surface area (Å²) in [6, 6.07) is 6.56. The van der Waals surface area contributed by atoms with Crippen LogP contribution in [0, 0.1) is 0 Å². The quantitative estimate of drug-likeness (QED) is 0.627. The van der Waals surface area contributed by atoms with Crippen molar-refractivity contribution >= 4 is 30.6 Å². The van der Waals surface area contributed by atoms with E-state index in [4.69, 9.17) is 15.4 Å². The van der Waals surface area contributed by atoms with Crippen molar-refractivity contribution in [2.24, 2.45) is 0 Å². The van der Waals surface area contributed by atoms with Crippen LogP contribution in [0.2, 0.25) is 0 Å². The molecule has 0 saturated heterocycles. The molecule has 1 heterocycles. The van der Waals surface area contributed by atoms with Crippen molar-refractivity contribution in [3.63, 3.8) is 0 Å². The second kappa shape index (κ2) is 5.75. The Morgan fingerprint density at radius 3 is 2.79 bits per heavy atom. The molecular formula is C13H14ClNO3S. The van der Waals surface area contributed by atoms with Gasteiger partial charge in [-0.1, -0.05) is 13.3 Å². The van der Waals surface area contributed by atoms with Gasteiger partial charge in [-0.05, 0) is 30.7 Å². The van der Waals surface area contributed by atoms with Crippen LogP contribution in [0.25, 0.3) is 10.9 Å². The predicted molar refractivity (Wildman–Crippen MR) is 75.2 cm³/mol. The standard InChI is InChI=1S/C13H14ClNO3S/c1-2-3-9-18-11-6-7-12(19(14,16)17)13-10(11)5-4-8-15-13/h4-8H,2-3,9H2,1H3. The van der Waals surface area contributed by atoms with Crippen LogP contribution in [-0.4, -0.2) is 20.0 Å². The molecule has 0 atom stereocenters. The number of hydrogen-bond donors (Lipinski definition) is 0. The van der Waals surface area contributed by atoms with Gasteiger partial charge in [0.15, 0.2) is 0 Å². The maximum Gasteiger partial charge on any atom is 0.263 e. The van der Waals surface area contributed by atoms with E-state index >= 15 is 0 Å². The molecule has 102 valence electrons. The minimum absolute atomic E-state index is 0.00704. The van der Waals surface area contributed by atoms with Gasteiger partial charge < -0.3 is 4.74 Å². The Labute approximate surface area is 116 Å². The van der Waals surface area contributed by atoms with Crippen LogP contribution in [0.3, 0.4) is 0 Å². The zero-order valence-electron chi connectivity index (χ0n) is 10.5. The van der Waals surface area contributed by atoms with Gasteiger partial charge in [0.05, 0.1) is 12.1 Å². The molecule has 0 spiro atoms. The van der Waals surface area contributed by atoms with Crippen LogP contribution >= 0.6 is 10.7 Å². The molecule has 0 unspecified atom stereocenters. The summed E-state index contributed by atoms with van der Waals surface area (Å²) in [6.07, 6.45) is 3.51. The number of benzene rings is 1. The highest BCUT2D eigenvalue weighted by Gasteiger charge is 2.17.